The lowest BCUT2D eigenvalue weighted by atomic mass is 10.2. The Morgan fingerprint density at radius 1 is 1.16 bits per heavy atom. The zero-order valence-corrected chi connectivity index (χ0v) is 11.0. The van der Waals surface area contributed by atoms with Gasteiger partial charge in [-0.1, -0.05) is 30.3 Å². The molecule has 0 saturated carbocycles. The molecule has 0 aliphatic heterocycles. The molecule has 98 valence electrons. The summed E-state index contributed by atoms with van der Waals surface area (Å²) in [4.78, 5) is 11.1. The number of benzene rings is 2. The van der Waals surface area contributed by atoms with Gasteiger partial charge in [-0.25, -0.2) is 0 Å². The van der Waals surface area contributed by atoms with Gasteiger partial charge in [-0.05, 0) is 17.2 Å². The molecule has 5 heteroatoms. The molecule has 1 N–H and O–H groups in total. The van der Waals surface area contributed by atoms with Gasteiger partial charge in [0.2, 0.25) is 0 Å². The normalized spacial score (nSPS) is 10.4. The molecule has 4 nitrogen and oxygen atoms in total. The van der Waals surface area contributed by atoms with Crippen molar-refractivity contribution in [1.29, 1.82) is 0 Å². The van der Waals surface area contributed by atoms with E-state index >= 15 is 0 Å². The van der Waals surface area contributed by atoms with E-state index in [1.165, 1.54) is 17.7 Å². The predicted molar refractivity (Wildman–Crippen MR) is 75.0 cm³/mol. The molecule has 0 radical (unpaired) electrons. The van der Waals surface area contributed by atoms with E-state index in [-0.39, 0.29) is 12.3 Å². The van der Waals surface area contributed by atoms with Crippen molar-refractivity contribution in [1.82, 2.24) is 0 Å². The third-order valence-electron chi connectivity index (χ3n) is 2.66. The van der Waals surface area contributed by atoms with Gasteiger partial charge in [0.1, 0.15) is 0 Å². The number of aliphatic hydroxyl groups excluding tert-OH is 1. The predicted octanol–water partition coefficient (Wildman–Crippen LogP) is 3.38. The highest BCUT2D eigenvalue weighted by Gasteiger charge is 2.10. The molecule has 0 unspecified atom stereocenters. The van der Waals surface area contributed by atoms with Gasteiger partial charge in [0.25, 0.3) is 5.69 Å². The number of aliphatic hydroxyl groups is 1. The van der Waals surface area contributed by atoms with Gasteiger partial charge in [-0.3, -0.25) is 10.1 Å². The van der Waals surface area contributed by atoms with E-state index in [0.29, 0.717) is 5.56 Å². The Labute approximate surface area is 115 Å². The molecule has 0 amide bonds. The van der Waals surface area contributed by atoms with Crippen molar-refractivity contribution >= 4 is 17.4 Å². The lowest BCUT2D eigenvalue weighted by molar-refractivity contribution is -0.385. The maximum Gasteiger partial charge on any atom is 0.269 e. The molecule has 0 heterocycles. The second-order valence-electron chi connectivity index (χ2n) is 3.98. The average molecular weight is 275 g/mol. The Morgan fingerprint density at radius 2 is 1.89 bits per heavy atom. The van der Waals surface area contributed by atoms with Crippen molar-refractivity contribution in [2.75, 3.05) is 0 Å². The van der Waals surface area contributed by atoms with Gasteiger partial charge in [0, 0.05) is 22.8 Å². The van der Waals surface area contributed by atoms with E-state index in [0.717, 1.165) is 10.6 Å². The van der Waals surface area contributed by atoms with Crippen molar-refractivity contribution in [2.45, 2.75) is 17.3 Å². The smallest absolute Gasteiger partial charge is 0.269 e. The van der Waals surface area contributed by atoms with Crippen LogP contribution in [0.5, 0.6) is 0 Å². The summed E-state index contributed by atoms with van der Waals surface area (Å²) in [7, 11) is 0. The molecular weight excluding hydrogens is 262 g/mol. The van der Waals surface area contributed by atoms with E-state index in [2.05, 4.69) is 0 Å². The molecule has 0 atom stereocenters. The first-order valence-electron chi connectivity index (χ1n) is 5.75. The van der Waals surface area contributed by atoms with Crippen LogP contribution < -0.4 is 0 Å². The van der Waals surface area contributed by atoms with Gasteiger partial charge in [0.05, 0.1) is 11.5 Å². The quantitative estimate of drug-likeness (QED) is 0.516. The minimum Gasteiger partial charge on any atom is -0.392 e. The molecule has 0 saturated heterocycles. The summed E-state index contributed by atoms with van der Waals surface area (Å²) in [6.07, 6.45) is 0. The van der Waals surface area contributed by atoms with Crippen LogP contribution in [0.3, 0.4) is 0 Å². The highest BCUT2D eigenvalue weighted by Crippen LogP contribution is 2.29. The summed E-state index contributed by atoms with van der Waals surface area (Å²) in [5.74, 6) is 0.769. The Morgan fingerprint density at radius 3 is 2.53 bits per heavy atom. The third-order valence-corrected chi connectivity index (χ3v) is 3.85. The van der Waals surface area contributed by atoms with Crippen LogP contribution in [0.15, 0.2) is 53.4 Å². The standard InChI is InChI=1S/C14H13NO3S/c16-9-12-8-13(15(17)18)6-7-14(12)19-10-11-4-2-1-3-5-11/h1-8,16H,9-10H2. The maximum atomic E-state index is 10.7. The molecule has 0 aliphatic rings. The SMILES string of the molecule is O=[N+]([O-])c1ccc(SCc2ccccc2)c(CO)c1. The minimum absolute atomic E-state index is 0.00751. The molecule has 0 fully saturated rings. The summed E-state index contributed by atoms with van der Waals surface area (Å²) >= 11 is 1.56. The Hall–Kier alpha value is -1.85. The fraction of sp³-hybridized carbons (Fsp3) is 0.143. The number of hydrogen-bond donors (Lipinski definition) is 1. The first kappa shape index (κ1) is 13.6. The average Bonchev–Trinajstić information content (AvgIpc) is 2.45. The van der Waals surface area contributed by atoms with E-state index in [9.17, 15) is 15.2 Å². The Balaban J connectivity index is 2.14. The van der Waals surface area contributed by atoms with Crippen molar-refractivity contribution in [2.24, 2.45) is 0 Å². The number of nitrogens with zero attached hydrogens (tertiary/aromatic N) is 1. The van der Waals surface area contributed by atoms with Crippen molar-refractivity contribution < 1.29 is 10.0 Å². The van der Waals surface area contributed by atoms with Crippen LogP contribution in [0.2, 0.25) is 0 Å². The highest BCUT2D eigenvalue weighted by atomic mass is 32.2. The molecule has 2 aromatic rings. The van der Waals surface area contributed by atoms with Crippen LogP contribution in [0.1, 0.15) is 11.1 Å². The number of nitro groups is 1. The molecular formula is C14H13NO3S. The van der Waals surface area contributed by atoms with E-state index in [1.54, 1.807) is 17.8 Å². The lowest BCUT2D eigenvalue weighted by Crippen LogP contribution is -1.93. The summed E-state index contributed by atoms with van der Waals surface area (Å²) in [6, 6.07) is 14.5. The van der Waals surface area contributed by atoms with Crippen molar-refractivity contribution in [3.8, 4) is 0 Å². The van der Waals surface area contributed by atoms with Crippen LogP contribution in [0.4, 0.5) is 5.69 Å². The third kappa shape index (κ3) is 3.56. The topological polar surface area (TPSA) is 63.4 Å². The van der Waals surface area contributed by atoms with Gasteiger partial charge in [-0.15, -0.1) is 11.8 Å². The van der Waals surface area contributed by atoms with Gasteiger partial charge in [-0.2, -0.15) is 0 Å². The largest absolute Gasteiger partial charge is 0.392 e. The zero-order chi connectivity index (χ0) is 13.7. The minimum atomic E-state index is -0.454. The monoisotopic (exact) mass is 275 g/mol. The molecule has 0 aromatic heterocycles. The van der Waals surface area contributed by atoms with Crippen LogP contribution >= 0.6 is 11.8 Å². The Kier molecular flexibility index (Phi) is 4.54. The van der Waals surface area contributed by atoms with Crippen LogP contribution in [0, 0.1) is 10.1 Å². The molecule has 0 aliphatic carbocycles. The number of non-ortho nitro benzene ring substituents is 1. The zero-order valence-electron chi connectivity index (χ0n) is 10.2. The van der Waals surface area contributed by atoms with Crippen molar-refractivity contribution in [3.63, 3.8) is 0 Å². The van der Waals surface area contributed by atoms with Crippen LogP contribution in [0.25, 0.3) is 0 Å². The molecule has 0 spiro atoms. The van der Waals surface area contributed by atoms with Gasteiger partial charge in [0.15, 0.2) is 0 Å². The molecule has 2 rings (SSSR count). The molecule has 2 aromatic carbocycles. The fourth-order valence-electron chi connectivity index (χ4n) is 1.68. The first-order valence-corrected chi connectivity index (χ1v) is 6.74. The lowest BCUT2D eigenvalue weighted by Gasteiger charge is -2.07. The second kappa shape index (κ2) is 6.36. The Bertz CT molecular complexity index is 572. The molecule has 0 bridgehead atoms. The summed E-state index contributed by atoms with van der Waals surface area (Å²) in [5.41, 5.74) is 1.78. The van der Waals surface area contributed by atoms with Crippen LogP contribution in [-0.4, -0.2) is 10.0 Å². The second-order valence-corrected chi connectivity index (χ2v) is 5.00. The van der Waals surface area contributed by atoms with E-state index in [4.69, 9.17) is 0 Å². The fourth-order valence-corrected chi connectivity index (χ4v) is 2.67. The van der Waals surface area contributed by atoms with E-state index < -0.39 is 4.92 Å². The number of nitro benzene ring substituents is 1. The highest BCUT2D eigenvalue weighted by molar-refractivity contribution is 7.98. The number of rotatable bonds is 5. The summed E-state index contributed by atoms with van der Waals surface area (Å²) in [6.45, 7) is -0.196. The van der Waals surface area contributed by atoms with Crippen LogP contribution in [-0.2, 0) is 12.4 Å². The number of thioether (sulfide) groups is 1. The van der Waals surface area contributed by atoms with Gasteiger partial charge < -0.3 is 5.11 Å². The summed E-state index contributed by atoms with van der Waals surface area (Å²) in [5, 5.41) is 20.0. The summed E-state index contributed by atoms with van der Waals surface area (Å²) < 4.78 is 0. The van der Waals surface area contributed by atoms with Crippen molar-refractivity contribution in [3.05, 3.63) is 69.8 Å². The maximum absolute atomic E-state index is 10.7. The number of hydrogen-bond acceptors (Lipinski definition) is 4. The first-order chi connectivity index (χ1) is 9.20. The molecule has 19 heavy (non-hydrogen) atoms. The van der Waals surface area contributed by atoms with Gasteiger partial charge >= 0.3 is 0 Å². The van der Waals surface area contributed by atoms with E-state index in [1.807, 2.05) is 30.3 Å².